The summed E-state index contributed by atoms with van der Waals surface area (Å²) in [6.45, 7) is 5.15. The predicted molar refractivity (Wildman–Crippen MR) is 117 cm³/mol. The van der Waals surface area contributed by atoms with Crippen LogP contribution in [0.5, 0.6) is 0 Å². The van der Waals surface area contributed by atoms with Gasteiger partial charge in [0.2, 0.25) is 0 Å². The third-order valence-electron chi connectivity index (χ3n) is 5.42. The molecule has 5 heteroatoms. The Hall–Kier alpha value is -3.21. The number of ether oxygens (including phenoxy) is 1. The molecule has 0 aliphatic carbocycles. The molecule has 0 fully saturated rings. The van der Waals surface area contributed by atoms with E-state index in [0.29, 0.717) is 28.0 Å². The molecular weight excluding hydrogens is 378 g/mol. The number of carbonyl (C=O) groups excluding carboxylic acids is 2. The van der Waals surface area contributed by atoms with E-state index >= 15 is 0 Å². The number of rotatable bonds is 7. The SMILES string of the molecule is CCCCC1=[N+]([O-])C(C)(C(=O)OCC)C(=O)C1=C(c1ccccc1)c1ccccc1. The van der Waals surface area contributed by atoms with E-state index in [-0.39, 0.29) is 6.61 Å². The van der Waals surface area contributed by atoms with E-state index in [2.05, 4.69) is 0 Å². The number of hydroxylamine groups is 1. The second-order valence-corrected chi connectivity index (χ2v) is 7.45. The topological polar surface area (TPSA) is 69.4 Å². The first-order valence-electron chi connectivity index (χ1n) is 10.4. The van der Waals surface area contributed by atoms with Crippen molar-refractivity contribution in [3.8, 4) is 0 Å². The van der Waals surface area contributed by atoms with Gasteiger partial charge in [0.15, 0.2) is 5.71 Å². The maximum absolute atomic E-state index is 13.7. The average molecular weight is 405 g/mol. The highest BCUT2D eigenvalue weighted by Crippen LogP contribution is 2.36. The number of esters is 1. The van der Waals surface area contributed by atoms with E-state index in [0.717, 1.165) is 24.0 Å². The van der Waals surface area contributed by atoms with Crippen molar-refractivity contribution in [2.45, 2.75) is 45.6 Å². The zero-order valence-corrected chi connectivity index (χ0v) is 17.7. The largest absolute Gasteiger partial charge is 0.622 e. The molecule has 0 radical (unpaired) electrons. The number of ketones is 1. The second-order valence-electron chi connectivity index (χ2n) is 7.45. The van der Waals surface area contributed by atoms with Gasteiger partial charge in [0, 0.05) is 18.9 Å². The predicted octanol–water partition coefficient (Wildman–Crippen LogP) is 4.53. The standard InChI is InChI=1S/C25H27NO4/c1-4-6-17-20-22(23(27)25(3,26(20)29)24(28)30-5-2)21(18-13-9-7-10-14-18)19-15-11-8-12-16-19/h7-16H,4-6,17H2,1-3H3. The molecule has 5 nitrogen and oxygen atoms in total. The molecular formula is C25H27NO4. The Kier molecular flexibility index (Phi) is 6.50. The summed E-state index contributed by atoms with van der Waals surface area (Å²) in [5.41, 5.74) is 1.06. The lowest BCUT2D eigenvalue weighted by Crippen LogP contribution is -2.49. The molecule has 1 unspecified atom stereocenters. The molecule has 3 rings (SSSR count). The monoisotopic (exact) mass is 405 g/mol. The molecule has 30 heavy (non-hydrogen) atoms. The van der Waals surface area contributed by atoms with Crippen molar-refractivity contribution < 1.29 is 19.1 Å². The number of nitrogens with zero attached hydrogens (tertiary/aromatic N) is 1. The highest BCUT2D eigenvalue weighted by molar-refractivity contribution is 6.35. The Morgan fingerprint density at radius 3 is 2.00 bits per heavy atom. The van der Waals surface area contributed by atoms with Gasteiger partial charge >= 0.3 is 11.5 Å². The third-order valence-corrected chi connectivity index (χ3v) is 5.42. The van der Waals surface area contributed by atoms with Crippen molar-refractivity contribution in [1.29, 1.82) is 0 Å². The van der Waals surface area contributed by atoms with E-state index in [9.17, 15) is 14.8 Å². The van der Waals surface area contributed by atoms with Crippen LogP contribution in [-0.4, -0.2) is 34.3 Å². The van der Waals surface area contributed by atoms with Crippen molar-refractivity contribution in [2.75, 3.05) is 6.61 Å². The number of hydrogen-bond acceptors (Lipinski definition) is 4. The minimum atomic E-state index is -1.91. The molecule has 1 heterocycles. The lowest BCUT2D eigenvalue weighted by molar-refractivity contribution is -0.508. The Balaban J connectivity index is 2.33. The van der Waals surface area contributed by atoms with Gasteiger partial charge in [-0.3, -0.25) is 4.79 Å². The third kappa shape index (κ3) is 3.67. The van der Waals surface area contributed by atoms with Crippen LogP contribution in [0.3, 0.4) is 0 Å². The van der Waals surface area contributed by atoms with Crippen LogP contribution in [0.25, 0.3) is 5.57 Å². The quantitative estimate of drug-likeness (QED) is 0.223. The van der Waals surface area contributed by atoms with Gasteiger partial charge in [0.25, 0.3) is 5.78 Å². The van der Waals surface area contributed by atoms with Gasteiger partial charge in [0.1, 0.15) is 5.57 Å². The fourth-order valence-corrected chi connectivity index (χ4v) is 3.78. The lowest BCUT2D eigenvalue weighted by atomic mass is 9.85. The smallest absolute Gasteiger partial charge is 0.388 e. The van der Waals surface area contributed by atoms with Crippen LogP contribution in [0.2, 0.25) is 0 Å². The summed E-state index contributed by atoms with van der Waals surface area (Å²) in [6, 6.07) is 19.0. The molecule has 1 aliphatic heterocycles. The van der Waals surface area contributed by atoms with Gasteiger partial charge in [-0.25, -0.2) is 4.79 Å². The normalized spacial score (nSPS) is 18.6. The van der Waals surface area contributed by atoms with E-state index in [1.165, 1.54) is 6.92 Å². The Morgan fingerprint density at radius 1 is 1.00 bits per heavy atom. The van der Waals surface area contributed by atoms with Crippen molar-refractivity contribution in [3.63, 3.8) is 0 Å². The first-order valence-corrected chi connectivity index (χ1v) is 10.4. The maximum Gasteiger partial charge on any atom is 0.388 e. The summed E-state index contributed by atoms with van der Waals surface area (Å²) in [4.78, 5) is 26.4. The molecule has 1 aliphatic rings. The number of unbranched alkanes of at least 4 members (excludes halogenated alkanes) is 1. The van der Waals surface area contributed by atoms with Crippen LogP contribution in [0.1, 0.15) is 51.2 Å². The zero-order valence-electron chi connectivity index (χ0n) is 17.7. The second kappa shape index (κ2) is 9.08. The van der Waals surface area contributed by atoms with Crippen LogP contribution >= 0.6 is 0 Å². The summed E-state index contributed by atoms with van der Waals surface area (Å²) < 4.78 is 5.71. The highest BCUT2D eigenvalue weighted by Gasteiger charge is 2.60. The molecule has 0 aromatic heterocycles. The van der Waals surface area contributed by atoms with E-state index in [1.54, 1.807) is 6.92 Å². The molecule has 0 saturated heterocycles. The summed E-state index contributed by atoms with van der Waals surface area (Å²) in [6.07, 6.45) is 2.01. The van der Waals surface area contributed by atoms with Crippen LogP contribution in [0.4, 0.5) is 0 Å². The molecule has 0 N–H and O–H groups in total. The summed E-state index contributed by atoms with van der Waals surface area (Å²) in [5.74, 6) is -1.32. The number of carbonyl (C=O) groups is 2. The van der Waals surface area contributed by atoms with Crippen LogP contribution in [0.15, 0.2) is 66.2 Å². The minimum absolute atomic E-state index is 0.100. The van der Waals surface area contributed by atoms with Crippen molar-refractivity contribution >= 4 is 23.0 Å². The molecule has 0 saturated carbocycles. The number of benzene rings is 2. The molecule has 0 amide bonds. The molecule has 1 atom stereocenters. The van der Waals surface area contributed by atoms with Gasteiger partial charge in [-0.2, -0.15) is 4.74 Å². The van der Waals surface area contributed by atoms with Crippen LogP contribution < -0.4 is 0 Å². The van der Waals surface area contributed by atoms with Crippen LogP contribution in [0, 0.1) is 5.21 Å². The molecule has 156 valence electrons. The van der Waals surface area contributed by atoms with Gasteiger partial charge < -0.3 is 9.94 Å². The minimum Gasteiger partial charge on any atom is -0.622 e. The molecule has 2 aromatic rings. The molecule has 2 aromatic carbocycles. The van der Waals surface area contributed by atoms with Gasteiger partial charge in [-0.1, -0.05) is 74.0 Å². The van der Waals surface area contributed by atoms with Gasteiger partial charge in [0.05, 0.1) is 6.61 Å². The zero-order chi connectivity index (χ0) is 21.7. The van der Waals surface area contributed by atoms with Crippen LogP contribution in [-0.2, 0) is 14.3 Å². The first-order chi connectivity index (χ1) is 14.5. The Bertz CT molecular complexity index is 951. The van der Waals surface area contributed by atoms with Gasteiger partial charge in [-0.05, 0) is 24.5 Å². The Morgan fingerprint density at radius 2 is 1.53 bits per heavy atom. The fourth-order valence-electron chi connectivity index (χ4n) is 3.78. The fraction of sp³-hybridized carbons (Fsp3) is 0.320. The lowest BCUT2D eigenvalue weighted by Gasteiger charge is -2.19. The van der Waals surface area contributed by atoms with Gasteiger partial charge in [-0.15, -0.1) is 0 Å². The number of hydrogen-bond donors (Lipinski definition) is 0. The summed E-state index contributed by atoms with van der Waals surface area (Å²) in [5, 5.41) is 13.4. The van der Waals surface area contributed by atoms with E-state index < -0.39 is 17.3 Å². The van der Waals surface area contributed by atoms with Crippen molar-refractivity contribution in [2.24, 2.45) is 0 Å². The molecule has 0 bridgehead atoms. The maximum atomic E-state index is 13.7. The number of Topliss-reactive ketones (excluding diaryl/α,β-unsaturated/α-hetero) is 1. The summed E-state index contributed by atoms with van der Waals surface area (Å²) in [7, 11) is 0. The van der Waals surface area contributed by atoms with Crippen molar-refractivity contribution in [3.05, 3.63) is 82.6 Å². The molecule has 0 spiro atoms. The van der Waals surface area contributed by atoms with E-state index in [1.807, 2.05) is 67.6 Å². The van der Waals surface area contributed by atoms with Crippen molar-refractivity contribution in [1.82, 2.24) is 0 Å². The Labute approximate surface area is 177 Å². The first kappa shape index (κ1) is 21.5. The summed E-state index contributed by atoms with van der Waals surface area (Å²) >= 11 is 0. The average Bonchev–Trinajstić information content (AvgIpc) is 2.96. The van der Waals surface area contributed by atoms with E-state index in [4.69, 9.17) is 4.74 Å². The highest BCUT2D eigenvalue weighted by atomic mass is 16.5.